The lowest BCUT2D eigenvalue weighted by molar-refractivity contribution is 0.0740. The molecule has 1 saturated heterocycles. The van der Waals surface area contributed by atoms with Gasteiger partial charge in [0, 0.05) is 45.2 Å². The number of methoxy groups -OCH3 is 1. The van der Waals surface area contributed by atoms with E-state index in [-0.39, 0.29) is 11.5 Å². The fourth-order valence-electron chi connectivity index (χ4n) is 3.98. The Balaban J connectivity index is 1.52. The summed E-state index contributed by atoms with van der Waals surface area (Å²) in [5.41, 5.74) is 1.17. The molecule has 0 saturated carbocycles. The molecule has 1 aliphatic rings. The number of aromatic nitrogens is 2. The van der Waals surface area contributed by atoms with Gasteiger partial charge in [-0.05, 0) is 25.1 Å². The molecule has 0 spiro atoms. The van der Waals surface area contributed by atoms with Crippen LogP contribution in [-0.4, -0.2) is 67.1 Å². The van der Waals surface area contributed by atoms with Crippen molar-refractivity contribution in [2.24, 2.45) is 0 Å². The molecule has 1 fully saturated rings. The number of carbonyl (C=O) groups excluding carboxylic acids is 1. The van der Waals surface area contributed by atoms with Gasteiger partial charge in [-0.3, -0.25) is 9.59 Å². The SMILES string of the molecule is CCn1nc(C(=O)N2CCN(c3ccccc3OCCOC)CC2)c2ccccc2c1=O. The number of rotatable bonds is 7. The van der Waals surface area contributed by atoms with Crippen molar-refractivity contribution >= 4 is 22.4 Å². The monoisotopic (exact) mass is 436 g/mol. The summed E-state index contributed by atoms with van der Waals surface area (Å²) < 4.78 is 12.3. The predicted molar refractivity (Wildman–Crippen MR) is 124 cm³/mol. The molecule has 8 nitrogen and oxygen atoms in total. The second kappa shape index (κ2) is 9.82. The largest absolute Gasteiger partial charge is 0.489 e. The van der Waals surface area contributed by atoms with E-state index in [0.29, 0.717) is 62.4 Å². The van der Waals surface area contributed by atoms with Crippen LogP contribution in [0.5, 0.6) is 5.75 Å². The van der Waals surface area contributed by atoms with Crippen molar-refractivity contribution in [3.8, 4) is 5.75 Å². The van der Waals surface area contributed by atoms with Gasteiger partial charge in [-0.25, -0.2) is 4.68 Å². The number of hydrogen-bond acceptors (Lipinski definition) is 6. The van der Waals surface area contributed by atoms with Crippen LogP contribution in [0.3, 0.4) is 0 Å². The maximum atomic E-state index is 13.4. The highest BCUT2D eigenvalue weighted by Crippen LogP contribution is 2.29. The average Bonchev–Trinajstić information content (AvgIpc) is 2.85. The van der Waals surface area contributed by atoms with Crippen LogP contribution in [0, 0.1) is 0 Å². The van der Waals surface area contributed by atoms with Gasteiger partial charge in [0.15, 0.2) is 5.69 Å². The number of benzene rings is 2. The maximum Gasteiger partial charge on any atom is 0.275 e. The second-order valence-electron chi connectivity index (χ2n) is 7.60. The summed E-state index contributed by atoms with van der Waals surface area (Å²) in [5.74, 6) is 0.666. The molecule has 168 valence electrons. The van der Waals surface area contributed by atoms with Crippen LogP contribution in [0.15, 0.2) is 53.3 Å². The van der Waals surface area contributed by atoms with E-state index >= 15 is 0 Å². The number of nitrogens with zero attached hydrogens (tertiary/aromatic N) is 4. The number of ether oxygens (including phenoxy) is 2. The first-order valence-corrected chi connectivity index (χ1v) is 10.9. The Morgan fingerprint density at radius 3 is 2.38 bits per heavy atom. The van der Waals surface area contributed by atoms with E-state index in [0.717, 1.165) is 11.4 Å². The van der Waals surface area contributed by atoms with Gasteiger partial charge in [-0.1, -0.05) is 30.3 Å². The molecule has 0 unspecified atom stereocenters. The summed E-state index contributed by atoms with van der Waals surface area (Å²) in [7, 11) is 1.65. The van der Waals surface area contributed by atoms with Crippen molar-refractivity contribution in [3.05, 3.63) is 64.6 Å². The summed E-state index contributed by atoms with van der Waals surface area (Å²) in [4.78, 5) is 30.0. The minimum absolute atomic E-state index is 0.146. The number of piperazine rings is 1. The summed E-state index contributed by atoms with van der Waals surface area (Å²) in [6.07, 6.45) is 0. The summed E-state index contributed by atoms with van der Waals surface area (Å²) in [5, 5.41) is 5.52. The van der Waals surface area contributed by atoms with Gasteiger partial charge < -0.3 is 19.3 Å². The predicted octanol–water partition coefficient (Wildman–Crippen LogP) is 2.40. The highest BCUT2D eigenvalue weighted by molar-refractivity contribution is 6.04. The standard InChI is InChI=1S/C24H28N4O4/c1-3-28-23(29)19-9-5-4-8-18(19)22(25-28)24(30)27-14-12-26(13-15-27)20-10-6-7-11-21(20)32-17-16-31-2/h4-11H,3,12-17H2,1-2H3. The van der Waals surface area contributed by atoms with Gasteiger partial charge in [-0.2, -0.15) is 5.10 Å². The van der Waals surface area contributed by atoms with Crippen molar-refractivity contribution in [2.45, 2.75) is 13.5 Å². The molecule has 0 atom stereocenters. The number of para-hydroxylation sites is 2. The molecule has 2 aromatic carbocycles. The van der Waals surface area contributed by atoms with Crippen LogP contribution in [0.2, 0.25) is 0 Å². The number of fused-ring (bicyclic) bond motifs is 1. The van der Waals surface area contributed by atoms with E-state index < -0.39 is 0 Å². The molecule has 8 heteroatoms. The first-order valence-electron chi connectivity index (χ1n) is 10.9. The Hall–Kier alpha value is -3.39. The summed E-state index contributed by atoms with van der Waals surface area (Å²) >= 11 is 0. The highest BCUT2D eigenvalue weighted by Gasteiger charge is 2.26. The molecule has 0 bridgehead atoms. The zero-order valence-electron chi connectivity index (χ0n) is 18.5. The Labute approximate surface area is 187 Å². The molecule has 0 radical (unpaired) electrons. The van der Waals surface area contributed by atoms with Crippen molar-refractivity contribution in [1.29, 1.82) is 0 Å². The van der Waals surface area contributed by atoms with E-state index in [4.69, 9.17) is 9.47 Å². The lowest BCUT2D eigenvalue weighted by Crippen LogP contribution is -2.49. The third kappa shape index (κ3) is 4.31. The molecule has 4 rings (SSSR count). The number of carbonyl (C=O) groups is 1. The van der Waals surface area contributed by atoms with E-state index in [2.05, 4.69) is 10.00 Å². The van der Waals surface area contributed by atoms with Crippen LogP contribution in [0.4, 0.5) is 5.69 Å². The van der Waals surface area contributed by atoms with Crippen LogP contribution >= 0.6 is 0 Å². The third-order valence-corrected chi connectivity index (χ3v) is 5.69. The van der Waals surface area contributed by atoms with Crippen LogP contribution in [-0.2, 0) is 11.3 Å². The van der Waals surface area contributed by atoms with E-state index in [1.54, 1.807) is 19.2 Å². The molecular formula is C24H28N4O4. The Kier molecular flexibility index (Phi) is 6.70. The van der Waals surface area contributed by atoms with Crippen molar-refractivity contribution < 1.29 is 14.3 Å². The topological polar surface area (TPSA) is 76.9 Å². The molecule has 1 aliphatic heterocycles. The minimum atomic E-state index is -0.172. The lowest BCUT2D eigenvalue weighted by atomic mass is 10.1. The van der Waals surface area contributed by atoms with Gasteiger partial charge in [0.25, 0.3) is 11.5 Å². The van der Waals surface area contributed by atoms with Gasteiger partial charge in [0.05, 0.1) is 17.7 Å². The fourth-order valence-corrected chi connectivity index (χ4v) is 3.98. The Morgan fingerprint density at radius 1 is 0.969 bits per heavy atom. The summed E-state index contributed by atoms with van der Waals surface area (Å²) in [6, 6.07) is 15.1. The number of hydrogen-bond donors (Lipinski definition) is 0. The zero-order valence-corrected chi connectivity index (χ0v) is 18.5. The molecule has 1 aromatic heterocycles. The number of anilines is 1. The maximum absolute atomic E-state index is 13.4. The average molecular weight is 437 g/mol. The first-order chi connectivity index (χ1) is 15.6. The normalized spacial score (nSPS) is 14.1. The van der Waals surface area contributed by atoms with Crippen LogP contribution in [0.1, 0.15) is 17.4 Å². The van der Waals surface area contributed by atoms with Crippen molar-refractivity contribution in [2.75, 3.05) is 51.4 Å². The van der Waals surface area contributed by atoms with Crippen LogP contribution in [0.25, 0.3) is 10.8 Å². The molecule has 0 N–H and O–H groups in total. The number of amides is 1. The lowest BCUT2D eigenvalue weighted by Gasteiger charge is -2.36. The quantitative estimate of drug-likeness (QED) is 0.530. The molecule has 1 amide bonds. The Morgan fingerprint density at radius 2 is 1.66 bits per heavy atom. The minimum Gasteiger partial charge on any atom is -0.489 e. The molecule has 2 heterocycles. The second-order valence-corrected chi connectivity index (χ2v) is 7.60. The highest BCUT2D eigenvalue weighted by atomic mass is 16.5. The van der Waals surface area contributed by atoms with Crippen molar-refractivity contribution in [1.82, 2.24) is 14.7 Å². The molecule has 0 aliphatic carbocycles. The molecular weight excluding hydrogens is 408 g/mol. The van der Waals surface area contributed by atoms with E-state index in [9.17, 15) is 9.59 Å². The number of aryl methyl sites for hydroxylation is 1. The smallest absolute Gasteiger partial charge is 0.275 e. The molecule has 3 aromatic rings. The van der Waals surface area contributed by atoms with E-state index in [1.807, 2.05) is 48.2 Å². The van der Waals surface area contributed by atoms with Crippen LogP contribution < -0.4 is 15.2 Å². The van der Waals surface area contributed by atoms with E-state index in [1.165, 1.54) is 4.68 Å². The van der Waals surface area contributed by atoms with Gasteiger partial charge in [-0.15, -0.1) is 0 Å². The summed E-state index contributed by atoms with van der Waals surface area (Å²) in [6.45, 7) is 5.76. The van der Waals surface area contributed by atoms with Crippen molar-refractivity contribution in [3.63, 3.8) is 0 Å². The fraction of sp³-hybridized carbons (Fsp3) is 0.375. The third-order valence-electron chi connectivity index (χ3n) is 5.69. The molecule has 32 heavy (non-hydrogen) atoms. The first kappa shape index (κ1) is 21.8. The van der Waals surface area contributed by atoms with Gasteiger partial charge >= 0.3 is 0 Å². The van der Waals surface area contributed by atoms with Gasteiger partial charge in [0.1, 0.15) is 12.4 Å². The Bertz CT molecular complexity index is 1150. The van der Waals surface area contributed by atoms with Gasteiger partial charge in [0.2, 0.25) is 0 Å². The zero-order chi connectivity index (χ0) is 22.5.